The van der Waals surface area contributed by atoms with E-state index in [-0.39, 0.29) is 29.0 Å². The summed E-state index contributed by atoms with van der Waals surface area (Å²) in [5.41, 5.74) is 1.80. The molecule has 0 saturated carbocycles. The number of carbonyl (C=O) groups excluding carboxylic acids is 1. The van der Waals surface area contributed by atoms with Crippen molar-refractivity contribution >= 4 is 21.6 Å². The van der Waals surface area contributed by atoms with Crippen molar-refractivity contribution in [2.24, 2.45) is 0 Å². The highest BCUT2D eigenvalue weighted by molar-refractivity contribution is 7.89. The molecule has 5 nitrogen and oxygen atoms in total. The maximum atomic E-state index is 13.2. The van der Waals surface area contributed by atoms with Gasteiger partial charge in [0.1, 0.15) is 0 Å². The summed E-state index contributed by atoms with van der Waals surface area (Å²) in [4.78, 5) is 12.2. The predicted octanol–water partition coefficient (Wildman–Crippen LogP) is 4.58. The fraction of sp³-hybridized carbons (Fsp3) is 0.174. The van der Waals surface area contributed by atoms with Crippen LogP contribution in [-0.2, 0) is 21.2 Å². The Hall–Kier alpha value is -3.10. The van der Waals surface area contributed by atoms with Crippen molar-refractivity contribution in [2.45, 2.75) is 30.7 Å². The van der Waals surface area contributed by atoms with E-state index in [1.807, 2.05) is 30.3 Å². The molecule has 0 spiro atoms. The van der Waals surface area contributed by atoms with Gasteiger partial charge in [-0.3, -0.25) is 4.79 Å². The molecule has 1 atom stereocenters. The number of anilines is 1. The van der Waals surface area contributed by atoms with Crippen molar-refractivity contribution in [1.29, 1.82) is 0 Å². The molecule has 3 aromatic rings. The van der Waals surface area contributed by atoms with E-state index in [0.29, 0.717) is 6.42 Å². The van der Waals surface area contributed by atoms with Crippen LogP contribution in [0.2, 0.25) is 0 Å². The quantitative estimate of drug-likeness (QED) is 0.534. The Morgan fingerprint density at radius 3 is 2.26 bits per heavy atom. The first-order valence-electron chi connectivity index (χ1n) is 9.66. The van der Waals surface area contributed by atoms with Crippen molar-refractivity contribution in [3.63, 3.8) is 0 Å². The van der Waals surface area contributed by atoms with Crippen molar-refractivity contribution in [2.75, 3.05) is 5.32 Å². The van der Waals surface area contributed by atoms with Crippen molar-refractivity contribution in [3.05, 3.63) is 95.6 Å². The molecular weight excluding hydrogens is 422 g/mol. The molecule has 0 fully saturated rings. The van der Waals surface area contributed by atoms with Crippen molar-refractivity contribution < 1.29 is 22.0 Å². The van der Waals surface area contributed by atoms with Gasteiger partial charge in [0, 0.05) is 24.2 Å². The number of halogens is 2. The van der Waals surface area contributed by atoms with Crippen LogP contribution in [-0.4, -0.2) is 14.3 Å². The highest BCUT2D eigenvalue weighted by Gasteiger charge is 2.18. The smallest absolute Gasteiger partial charge is 0.241 e. The van der Waals surface area contributed by atoms with Crippen LogP contribution in [0.15, 0.2) is 77.7 Å². The highest BCUT2D eigenvalue weighted by atomic mass is 32.2. The molecule has 0 saturated heterocycles. The number of hydrogen-bond donors (Lipinski definition) is 2. The molecule has 2 N–H and O–H groups in total. The number of rotatable bonds is 8. The highest BCUT2D eigenvalue weighted by Crippen LogP contribution is 2.18. The van der Waals surface area contributed by atoms with Gasteiger partial charge in [-0.15, -0.1) is 0 Å². The van der Waals surface area contributed by atoms with Gasteiger partial charge in [0.2, 0.25) is 15.9 Å². The summed E-state index contributed by atoms with van der Waals surface area (Å²) in [6, 6.07) is 18.3. The van der Waals surface area contributed by atoms with E-state index in [9.17, 15) is 22.0 Å². The lowest BCUT2D eigenvalue weighted by molar-refractivity contribution is -0.116. The number of hydrogen-bond acceptors (Lipinski definition) is 3. The van der Waals surface area contributed by atoms with E-state index in [4.69, 9.17) is 0 Å². The zero-order valence-electron chi connectivity index (χ0n) is 16.8. The van der Waals surface area contributed by atoms with Gasteiger partial charge in [-0.1, -0.05) is 42.5 Å². The molecule has 31 heavy (non-hydrogen) atoms. The monoisotopic (exact) mass is 444 g/mol. The first-order chi connectivity index (χ1) is 14.7. The lowest BCUT2D eigenvalue weighted by atomic mass is 10.1. The summed E-state index contributed by atoms with van der Waals surface area (Å²) < 4.78 is 54.0. The molecule has 0 heterocycles. The molecule has 0 radical (unpaired) electrons. The number of benzene rings is 3. The molecule has 3 aromatic carbocycles. The fourth-order valence-electron chi connectivity index (χ4n) is 3.00. The predicted molar refractivity (Wildman–Crippen MR) is 115 cm³/mol. The summed E-state index contributed by atoms with van der Waals surface area (Å²) in [6.07, 6.45) is 0.470. The third kappa shape index (κ3) is 6.19. The van der Waals surface area contributed by atoms with Gasteiger partial charge in [-0.05, 0) is 48.7 Å². The minimum Gasteiger partial charge on any atom is -0.326 e. The molecular formula is C23H22F2N2O3S. The van der Waals surface area contributed by atoms with Crippen LogP contribution in [0.5, 0.6) is 0 Å². The second-order valence-electron chi connectivity index (χ2n) is 7.07. The Morgan fingerprint density at radius 1 is 0.935 bits per heavy atom. The minimum absolute atomic E-state index is 0.106. The number of carbonyl (C=O) groups is 1. The lowest BCUT2D eigenvalue weighted by Gasteiger charge is -2.15. The molecule has 0 aromatic heterocycles. The summed E-state index contributed by atoms with van der Waals surface area (Å²) in [5, 5.41) is 2.50. The molecule has 162 valence electrons. The molecule has 0 bridgehead atoms. The SMILES string of the molecule is C[C@H](NS(=O)(=O)c1ccc(CCC(=O)Nc2ccc(F)c(F)c2)cc1)c1ccccc1. The summed E-state index contributed by atoms with van der Waals surface area (Å²) in [6.45, 7) is 1.77. The van der Waals surface area contributed by atoms with Crippen LogP contribution in [0, 0.1) is 11.6 Å². The van der Waals surface area contributed by atoms with Gasteiger partial charge in [-0.2, -0.15) is 0 Å². The van der Waals surface area contributed by atoms with E-state index >= 15 is 0 Å². The Kier molecular flexibility index (Phi) is 7.14. The molecule has 0 aliphatic carbocycles. The Bertz CT molecular complexity index is 1150. The third-order valence-corrected chi connectivity index (χ3v) is 6.27. The van der Waals surface area contributed by atoms with E-state index in [1.165, 1.54) is 18.2 Å². The fourth-order valence-corrected chi connectivity index (χ4v) is 4.23. The van der Waals surface area contributed by atoms with Crippen LogP contribution < -0.4 is 10.0 Å². The third-order valence-electron chi connectivity index (χ3n) is 4.71. The van der Waals surface area contributed by atoms with Gasteiger partial charge in [0.15, 0.2) is 11.6 Å². The van der Waals surface area contributed by atoms with Crippen molar-refractivity contribution in [3.8, 4) is 0 Å². The van der Waals surface area contributed by atoms with Crippen LogP contribution in [0.25, 0.3) is 0 Å². The topological polar surface area (TPSA) is 75.3 Å². The maximum absolute atomic E-state index is 13.2. The molecule has 8 heteroatoms. The van der Waals surface area contributed by atoms with Crippen LogP contribution in [0.4, 0.5) is 14.5 Å². The molecule has 1 amide bonds. The first-order valence-corrected chi connectivity index (χ1v) is 11.1. The van der Waals surface area contributed by atoms with Gasteiger partial charge in [0.05, 0.1) is 4.90 Å². The van der Waals surface area contributed by atoms with Crippen LogP contribution in [0.1, 0.15) is 30.5 Å². The largest absolute Gasteiger partial charge is 0.326 e. The Balaban J connectivity index is 1.56. The van der Waals surface area contributed by atoms with E-state index in [1.54, 1.807) is 19.1 Å². The average Bonchev–Trinajstić information content (AvgIpc) is 2.75. The van der Waals surface area contributed by atoms with E-state index < -0.39 is 21.7 Å². The Morgan fingerprint density at radius 2 is 1.61 bits per heavy atom. The minimum atomic E-state index is -3.70. The number of nitrogens with one attached hydrogen (secondary N) is 2. The number of sulfonamides is 1. The molecule has 0 aliphatic rings. The lowest BCUT2D eigenvalue weighted by Crippen LogP contribution is -2.26. The number of amides is 1. The van der Waals surface area contributed by atoms with E-state index in [0.717, 1.165) is 23.3 Å². The van der Waals surface area contributed by atoms with Gasteiger partial charge < -0.3 is 5.32 Å². The summed E-state index contributed by atoms with van der Waals surface area (Å²) in [7, 11) is -3.70. The standard InChI is InChI=1S/C23H22F2N2O3S/c1-16(18-5-3-2-4-6-18)27-31(29,30)20-11-7-17(8-12-20)9-14-23(28)26-19-10-13-21(24)22(25)15-19/h2-8,10-13,15-16,27H,9,14H2,1H3,(H,26,28)/t16-/m0/s1. The van der Waals surface area contributed by atoms with E-state index in [2.05, 4.69) is 10.0 Å². The second kappa shape index (κ2) is 9.80. The second-order valence-corrected chi connectivity index (χ2v) is 8.79. The Labute approximate surface area is 180 Å². The normalized spacial score (nSPS) is 12.4. The zero-order valence-corrected chi connectivity index (χ0v) is 17.6. The number of aryl methyl sites for hydroxylation is 1. The summed E-state index contributed by atoms with van der Waals surface area (Å²) >= 11 is 0. The molecule has 0 aliphatic heterocycles. The zero-order chi connectivity index (χ0) is 22.4. The average molecular weight is 445 g/mol. The van der Waals surface area contributed by atoms with Gasteiger partial charge in [0.25, 0.3) is 0 Å². The first kappa shape index (κ1) is 22.6. The van der Waals surface area contributed by atoms with Crippen molar-refractivity contribution in [1.82, 2.24) is 4.72 Å². The summed E-state index contributed by atoms with van der Waals surface area (Å²) in [5.74, 6) is -2.38. The molecule has 3 rings (SSSR count). The van der Waals surface area contributed by atoms with Crippen LogP contribution in [0.3, 0.4) is 0 Å². The maximum Gasteiger partial charge on any atom is 0.241 e. The van der Waals surface area contributed by atoms with Crippen LogP contribution >= 0.6 is 0 Å². The van der Waals surface area contributed by atoms with Gasteiger partial charge in [-0.25, -0.2) is 21.9 Å². The molecule has 0 unspecified atom stereocenters. The van der Waals surface area contributed by atoms with Gasteiger partial charge >= 0.3 is 0 Å².